The van der Waals surface area contributed by atoms with Gasteiger partial charge >= 0.3 is 5.97 Å². The Morgan fingerprint density at radius 2 is 2.17 bits per heavy atom. The van der Waals surface area contributed by atoms with Crippen molar-refractivity contribution in [3.05, 3.63) is 0 Å². The molecule has 1 heterocycles. The molecule has 0 spiro atoms. The van der Waals surface area contributed by atoms with Crippen LogP contribution in [-0.4, -0.2) is 50.1 Å². The SMILES string of the molecule is COC(=O)CCCN(C)C(=O)C1CCNC(C)C1. The first-order valence-corrected chi connectivity index (χ1v) is 6.59. The smallest absolute Gasteiger partial charge is 0.305 e. The summed E-state index contributed by atoms with van der Waals surface area (Å²) in [5, 5.41) is 3.34. The number of hydrogen-bond acceptors (Lipinski definition) is 4. The molecule has 1 aliphatic rings. The Bertz CT molecular complexity index is 294. The van der Waals surface area contributed by atoms with Crippen LogP contribution in [0.5, 0.6) is 0 Å². The average molecular weight is 256 g/mol. The summed E-state index contributed by atoms with van der Waals surface area (Å²) in [7, 11) is 3.19. The van der Waals surface area contributed by atoms with Crippen LogP contribution >= 0.6 is 0 Å². The number of hydrogen-bond donors (Lipinski definition) is 1. The number of piperidine rings is 1. The number of esters is 1. The highest BCUT2D eigenvalue weighted by Crippen LogP contribution is 2.18. The lowest BCUT2D eigenvalue weighted by atomic mass is 9.92. The fraction of sp³-hybridized carbons (Fsp3) is 0.846. The molecule has 1 N–H and O–H groups in total. The Balaban J connectivity index is 2.29. The topological polar surface area (TPSA) is 58.6 Å². The van der Waals surface area contributed by atoms with E-state index in [4.69, 9.17) is 0 Å². The van der Waals surface area contributed by atoms with E-state index in [1.165, 1.54) is 7.11 Å². The van der Waals surface area contributed by atoms with Gasteiger partial charge in [0.2, 0.25) is 5.91 Å². The van der Waals surface area contributed by atoms with Crippen LogP contribution in [0.25, 0.3) is 0 Å². The second-order valence-electron chi connectivity index (χ2n) is 5.02. The van der Waals surface area contributed by atoms with Crippen LogP contribution in [0.15, 0.2) is 0 Å². The van der Waals surface area contributed by atoms with Gasteiger partial charge in [-0.15, -0.1) is 0 Å². The van der Waals surface area contributed by atoms with Crippen molar-refractivity contribution >= 4 is 11.9 Å². The van der Waals surface area contributed by atoms with E-state index in [0.29, 0.717) is 25.4 Å². The molecule has 2 unspecified atom stereocenters. The summed E-state index contributed by atoms with van der Waals surface area (Å²) >= 11 is 0. The molecule has 0 bridgehead atoms. The zero-order valence-electron chi connectivity index (χ0n) is 11.6. The maximum absolute atomic E-state index is 12.2. The van der Waals surface area contributed by atoms with Crippen LogP contribution in [0, 0.1) is 5.92 Å². The number of rotatable bonds is 5. The van der Waals surface area contributed by atoms with Crippen LogP contribution in [0.1, 0.15) is 32.6 Å². The average Bonchev–Trinajstić information content (AvgIpc) is 2.37. The van der Waals surface area contributed by atoms with Crippen molar-refractivity contribution in [2.75, 3.05) is 27.2 Å². The summed E-state index contributed by atoms with van der Waals surface area (Å²) in [4.78, 5) is 24.9. The molecule has 5 nitrogen and oxygen atoms in total. The third-order valence-electron chi connectivity index (χ3n) is 3.45. The van der Waals surface area contributed by atoms with E-state index in [0.717, 1.165) is 19.4 Å². The van der Waals surface area contributed by atoms with Crippen LogP contribution in [0.4, 0.5) is 0 Å². The molecule has 18 heavy (non-hydrogen) atoms. The van der Waals surface area contributed by atoms with Crippen molar-refractivity contribution in [2.24, 2.45) is 5.92 Å². The molecule has 0 saturated carbocycles. The minimum Gasteiger partial charge on any atom is -0.469 e. The Morgan fingerprint density at radius 1 is 1.44 bits per heavy atom. The molecule has 0 aromatic carbocycles. The van der Waals surface area contributed by atoms with Gasteiger partial charge in [-0.05, 0) is 32.7 Å². The van der Waals surface area contributed by atoms with E-state index in [2.05, 4.69) is 17.0 Å². The molecular weight excluding hydrogens is 232 g/mol. The number of ether oxygens (including phenoxy) is 1. The second-order valence-corrected chi connectivity index (χ2v) is 5.02. The number of carbonyl (C=O) groups excluding carboxylic acids is 2. The fourth-order valence-electron chi connectivity index (χ4n) is 2.34. The number of methoxy groups -OCH3 is 1. The highest BCUT2D eigenvalue weighted by molar-refractivity contribution is 5.78. The van der Waals surface area contributed by atoms with E-state index >= 15 is 0 Å². The molecule has 5 heteroatoms. The Morgan fingerprint density at radius 3 is 2.78 bits per heavy atom. The van der Waals surface area contributed by atoms with Crippen LogP contribution < -0.4 is 5.32 Å². The molecule has 1 rings (SSSR count). The summed E-state index contributed by atoms with van der Waals surface area (Å²) in [6.45, 7) is 3.64. The Labute approximate surface area is 109 Å². The maximum Gasteiger partial charge on any atom is 0.305 e. The molecule has 1 amide bonds. The van der Waals surface area contributed by atoms with Crippen molar-refractivity contribution in [2.45, 2.75) is 38.6 Å². The summed E-state index contributed by atoms with van der Waals surface area (Å²) in [6, 6.07) is 0.413. The standard InChI is InChI=1S/C13H24N2O3/c1-10-9-11(6-7-14-10)13(17)15(2)8-4-5-12(16)18-3/h10-11,14H,4-9H2,1-3H3. The van der Waals surface area contributed by atoms with Gasteiger partial charge in [0.15, 0.2) is 0 Å². The molecule has 104 valence electrons. The van der Waals surface area contributed by atoms with Gasteiger partial charge < -0.3 is 15.0 Å². The van der Waals surface area contributed by atoms with Gasteiger partial charge in [-0.2, -0.15) is 0 Å². The minimum atomic E-state index is -0.216. The lowest BCUT2D eigenvalue weighted by Gasteiger charge is -2.30. The maximum atomic E-state index is 12.2. The van der Waals surface area contributed by atoms with Gasteiger partial charge in [-0.3, -0.25) is 9.59 Å². The van der Waals surface area contributed by atoms with Gasteiger partial charge in [-0.1, -0.05) is 0 Å². The highest BCUT2D eigenvalue weighted by atomic mass is 16.5. The lowest BCUT2D eigenvalue weighted by Crippen LogP contribution is -2.43. The first-order valence-electron chi connectivity index (χ1n) is 6.59. The third-order valence-corrected chi connectivity index (χ3v) is 3.45. The molecular formula is C13H24N2O3. The van der Waals surface area contributed by atoms with Gasteiger partial charge in [0.05, 0.1) is 7.11 Å². The van der Waals surface area contributed by atoms with Gasteiger partial charge in [0.1, 0.15) is 0 Å². The molecule has 0 aromatic rings. The predicted molar refractivity (Wildman–Crippen MR) is 69.1 cm³/mol. The third kappa shape index (κ3) is 4.64. The summed E-state index contributed by atoms with van der Waals surface area (Å²) in [5.41, 5.74) is 0. The van der Waals surface area contributed by atoms with Crippen molar-refractivity contribution < 1.29 is 14.3 Å². The largest absolute Gasteiger partial charge is 0.469 e. The van der Waals surface area contributed by atoms with Crippen LogP contribution in [0.2, 0.25) is 0 Å². The predicted octanol–water partition coefficient (Wildman–Crippen LogP) is 0.786. The fourth-order valence-corrected chi connectivity index (χ4v) is 2.34. The van der Waals surface area contributed by atoms with Gasteiger partial charge in [-0.25, -0.2) is 0 Å². The highest BCUT2D eigenvalue weighted by Gasteiger charge is 2.26. The lowest BCUT2D eigenvalue weighted by molar-refractivity contribution is -0.141. The summed E-state index contributed by atoms with van der Waals surface area (Å²) in [6.07, 6.45) is 2.84. The van der Waals surface area contributed by atoms with Crippen LogP contribution in [-0.2, 0) is 14.3 Å². The van der Waals surface area contributed by atoms with E-state index in [1.807, 2.05) is 7.05 Å². The molecule has 2 atom stereocenters. The zero-order valence-corrected chi connectivity index (χ0v) is 11.6. The van der Waals surface area contributed by atoms with Gasteiger partial charge in [0.25, 0.3) is 0 Å². The molecule has 0 aliphatic carbocycles. The number of nitrogens with zero attached hydrogens (tertiary/aromatic N) is 1. The normalized spacial score (nSPS) is 23.5. The van der Waals surface area contributed by atoms with Crippen LogP contribution in [0.3, 0.4) is 0 Å². The quantitative estimate of drug-likeness (QED) is 0.739. The van der Waals surface area contributed by atoms with E-state index in [1.54, 1.807) is 4.90 Å². The summed E-state index contributed by atoms with van der Waals surface area (Å²) < 4.78 is 4.57. The molecule has 1 saturated heterocycles. The number of carbonyl (C=O) groups is 2. The Kier molecular flexibility index (Phi) is 6.12. The monoisotopic (exact) mass is 256 g/mol. The molecule has 1 fully saturated rings. The van der Waals surface area contributed by atoms with Crippen molar-refractivity contribution in [1.29, 1.82) is 0 Å². The van der Waals surface area contributed by atoms with E-state index in [9.17, 15) is 9.59 Å². The van der Waals surface area contributed by atoms with Crippen molar-refractivity contribution in [3.8, 4) is 0 Å². The molecule has 0 radical (unpaired) electrons. The molecule has 0 aromatic heterocycles. The Hall–Kier alpha value is -1.10. The number of nitrogens with one attached hydrogen (secondary N) is 1. The van der Waals surface area contributed by atoms with E-state index in [-0.39, 0.29) is 17.8 Å². The van der Waals surface area contributed by atoms with E-state index < -0.39 is 0 Å². The first kappa shape index (κ1) is 15.0. The summed E-state index contributed by atoms with van der Waals surface area (Å²) in [5.74, 6) is 0.115. The van der Waals surface area contributed by atoms with Crippen molar-refractivity contribution in [1.82, 2.24) is 10.2 Å². The minimum absolute atomic E-state index is 0.129. The zero-order chi connectivity index (χ0) is 13.5. The number of amides is 1. The molecule has 1 aliphatic heterocycles. The first-order chi connectivity index (χ1) is 8.54. The van der Waals surface area contributed by atoms with Gasteiger partial charge in [0, 0.05) is 32.0 Å². The second kappa shape index (κ2) is 7.36. The van der Waals surface area contributed by atoms with Crippen molar-refractivity contribution in [3.63, 3.8) is 0 Å².